The van der Waals surface area contributed by atoms with Gasteiger partial charge in [-0.1, -0.05) is 0 Å². The lowest BCUT2D eigenvalue weighted by Gasteiger charge is -2.06. The van der Waals surface area contributed by atoms with Crippen molar-refractivity contribution in [2.75, 3.05) is 0 Å². The van der Waals surface area contributed by atoms with Gasteiger partial charge in [0.15, 0.2) is 0 Å². The number of nitrogens with zero attached hydrogens (tertiary/aromatic N) is 1. The Morgan fingerprint density at radius 3 is 2.38 bits per heavy atom. The molecule has 1 rings (SSSR count). The van der Waals surface area contributed by atoms with Crippen LogP contribution < -0.4 is 0 Å². The van der Waals surface area contributed by atoms with E-state index in [0.29, 0.717) is 3.57 Å². The Balaban J connectivity index is 3.24. The Kier molecular flexibility index (Phi) is 2.81. The molecule has 0 saturated carbocycles. The fourth-order valence-corrected chi connectivity index (χ4v) is 1.24. The first-order valence-corrected chi connectivity index (χ1v) is 4.30. The summed E-state index contributed by atoms with van der Waals surface area (Å²) in [7, 11) is 0. The Morgan fingerprint density at radius 2 is 1.92 bits per heavy atom. The monoisotopic (exact) mass is 297 g/mol. The minimum Gasteiger partial charge on any atom is -0.192 e. The first kappa shape index (κ1) is 10.3. The molecule has 0 amide bonds. The third kappa shape index (κ3) is 2.34. The van der Waals surface area contributed by atoms with Crippen molar-refractivity contribution in [3.8, 4) is 6.07 Å². The maximum absolute atomic E-state index is 12.1. The van der Waals surface area contributed by atoms with Gasteiger partial charge in [0.2, 0.25) is 0 Å². The van der Waals surface area contributed by atoms with Crippen LogP contribution >= 0.6 is 22.6 Å². The van der Waals surface area contributed by atoms with Gasteiger partial charge in [0.05, 0.1) is 11.1 Å². The van der Waals surface area contributed by atoms with E-state index in [4.69, 9.17) is 5.26 Å². The summed E-state index contributed by atoms with van der Waals surface area (Å²) in [5, 5.41) is 8.49. The number of hydrogen-bond donors (Lipinski definition) is 0. The second kappa shape index (κ2) is 3.54. The van der Waals surface area contributed by atoms with Crippen molar-refractivity contribution in [1.29, 1.82) is 5.26 Å². The summed E-state index contributed by atoms with van der Waals surface area (Å²) in [6.07, 6.45) is -4.38. The maximum atomic E-state index is 12.1. The highest BCUT2D eigenvalue weighted by molar-refractivity contribution is 14.1. The van der Waals surface area contributed by atoms with Crippen molar-refractivity contribution in [1.82, 2.24) is 0 Å². The van der Waals surface area contributed by atoms with E-state index in [2.05, 4.69) is 0 Å². The van der Waals surface area contributed by atoms with Gasteiger partial charge in [-0.15, -0.1) is 0 Å². The number of rotatable bonds is 0. The van der Waals surface area contributed by atoms with Gasteiger partial charge in [-0.3, -0.25) is 0 Å². The zero-order chi connectivity index (χ0) is 10.1. The molecule has 0 aromatic heterocycles. The van der Waals surface area contributed by atoms with Gasteiger partial charge in [-0.25, -0.2) is 0 Å². The van der Waals surface area contributed by atoms with E-state index in [-0.39, 0.29) is 5.56 Å². The zero-order valence-electron chi connectivity index (χ0n) is 6.19. The summed E-state index contributed by atoms with van der Waals surface area (Å²) >= 11 is 1.82. The van der Waals surface area contributed by atoms with Gasteiger partial charge in [0.1, 0.15) is 6.07 Å². The largest absolute Gasteiger partial charge is 0.416 e. The molecule has 1 aromatic carbocycles. The van der Waals surface area contributed by atoms with E-state index in [0.717, 1.165) is 12.1 Å². The molecule has 0 aliphatic carbocycles. The van der Waals surface area contributed by atoms with Crippen LogP contribution in [0, 0.1) is 14.9 Å². The highest BCUT2D eigenvalue weighted by Gasteiger charge is 2.30. The van der Waals surface area contributed by atoms with Crippen molar-refractivity contribution in [2.24, 2.45) is 0 Å². The van der Waals surface area contributed by atoms with Crippen molar-refractivity contribution in [3.63, 3.8) is 0 Å². The van der Waals surface area contributed by atoms with E-state index in [1.165, 1.54) is 6.07 Å². The Hall–Kier alpha value is -0.770. The van der Waals surface area contributed by atoms with Crippen LogP contribution in [-0.4, -0.2) is 0 Å². The average molecular weight is 297 g/mol. The quantitative estimate of drug-likeness (QED) is 0.675. The predicted molar refractivity (Wildman–Crippen MR) is 48.9 cm³/mol. The summed E-state index contributed by atoms with van der Waals surface area (Å²) in [6, 6.07) is 4.79. The minimum absolute atomic E-state index is 0.0513. The SMILES string of the molecule is N#Cc1cc(C(F)(F)F)ccc1I. The lowest BCUT2D eigenvalue weighted by Crippen LogP contribution is -2.05. The lowest BCUT2D eigenvalue weighted by molar-refractivity contribution is -0.137. The first-order valence-electron chi connectivity index (χ1n) is 3.22. The summed E-state index contributed by atoms with van der Waals surface area (Å²) in [6.45, 7) is 0. The fraction of sp³-hybridized carbons (Fsp3) is 0.125. The van der Waals surface area contributed by atoms with E-state index in [9.17, 15) is 13.2 Å². The van der Waals surface area contributed by atoms with Crippen LogP contribution in [0.2, 0.25) is 0 Å². The molecule has 1 nitrogen and oxygen atoms in total. The van der Waals surface area contributed by atoms with Crippen LogP contribution in [0.3, 0.4) is 0 Å². The first-order chi connectivity index (χ1) is 5.95. The topological polar surface area (TPSA) is 23.8 Å². The molecule has 0 N–H and O–H groups in total. The molecule has 0 unspecified atom stereocenters. The molecule has 0 fully saturated rings. The molecule has 68 valence electrons. The van der Waals surface area contributed by atoms with Crippen LogP contribution in [0.25, 0.3) is 0 Å². The third-order valence-electron chi connectivity index (χ3n) is 1.41. The van der Waals surface area contributed by atoms with Gasteiger partial charge in [-0.2, -0.15) is 18.4 Å². The molecule has 0 saturated heterocycles. The van der Waals surface area contributed by atoms with Crippen molar-refractivity contribution < 1.29 is 13.2 Å². The normalized spacial score (nSPS) is 11.0. The summed E-state index contributed by atoms with van der Waals surface area (Å²) in [4.78, 5) is 0. The zero-order valence-corrected chi connectivity index (χ0v) is 8.35. The molecule has 0 atom stereocenters. The minimum atomic E-state index is -4.38. The number of benzene rings is 1. The molecular formula is C8H3F3IN. The number of alkyl halides is 3. The lowest BCUT2D eigenvalue weighted by atomic mass is 10.1. The van der Waals surface area contributed by atoms with E-state index in [1.807, 2.05) is 22.6 Å². The molecule has 0 aliphatic heterocycles. The van der Waals surface area contributed by atoms with E-state index >= 15 is 0 Å². The van der Waals surface area contributed by atoms with Crippen LogP contribution in [0.5, 0.6) is 0 Å². The van der Waals surface area contributed by atoms with Gasteiger partial charge < -0.3 is 0 Å². The molecule has 0 aliphatic rings. The number of halogens is 4. The van der Waals surface area contributed by atoms with Crippen molar-refractivity contribution in [2.45, 2.75) is 6.18 Å². The van der Waals surface area contributed by atoms with Gasteiger partial charge in [-0.05, 0) is 40.8 Å². The van der Waals surface area contributed by atoms with E-state index < -0.39 is 11.7 Å². The molecule has 13 heavy (non-hydrogen) atoms. The molecular weight excluding hydrogens is 294 g/mol. The Bertz CT molecular complexity index is 365. The predicted octanol–water partition coefficient (Wildman–Crippen LogP) is 3.18. The van der Waals surface area contributed by atoms with Crippen LogP contribution in [0.1, 0.15) is 11.1 Å². The standard InChI is InChI=1S/C8H3F3IN/c9-8(10,11)6-1-2-7(12)5(3-6)4-13/h1-3H. The molecule has 0 radical (unpaired) electrons. The van der Waals surface area contributed by atoms with Crippen LogP contribution in [0.4, 0.5) is 13.2 Å². The highest BCUT2D eigenvalue weighted by atomic mass is 127. The molecule has 0 heterocycles. The van der Waals surface area contributed by atoms with Gasteiger partial charge >= 0.3 is 6.18 Å². The highest BCUT2D eigenvalue weighted by Crippen LogP contribution is 2.30. The molecule has 0 spiro atoms. The third-order valence-corrected chi connectivity index (χ3v) is 2.35. The maximum Gasteiger partial charge on any atom is 0.416 e. The smallest absolute Gasteiger partial charge is 0.192 e. The van der Waals surface area contributed by atoms with Crippen molar-refractivity contribution >= 4 is 22.6 Å². The number of nitriles is 1. The van der Waals surface area contributed by atoms with Gasteiger partial charge in [0, 0.05) is 3.57 Å². The summed E-state index contributed by atoms with van der Waals surface area (Å²) in [5.74, 6) is 0. The van der Waals surface area contributed by atoms with Crippen molar-refractivity contribution in [3.05, 3.63) is 32.9 Å². The molecule has 0 bridgehead atoms. The second-order valence-electron chi connectivity index (χ2n) is 2.30. The number of hydrogen-bond acceptors (Lipinski definition) is 1. The van der Waals surface area contributed by atoms with Crippen LogP contribution in [-0.2, 0) is 6.18 Å². The molecule has 1 aromatic rings. The Morgan fingerprint density at radius 1 is 1.31 bits per heavy atom. The van der Waals surface area contributed by atoms with Gasteiger partial charge in [0.25, 0.3) is 0 Å². The fourth-order valence-electron chi connectivity index (χ4n) is 0.787. The summed E-state index contributed by atoms with van der Waals surface area (Å²) < 4.78 is 36.9. The second-order valence-corrected chi connectivity index (χ2v) is 3.47. The molecule has 5 heteroatoms. The summed E-state index contributed by atoms with van der Waals surface area (Å²) in [5.41, 5.74) is -0.736. The Labute approximate surface area is 86.3 Å². The van der Waals surface area contributed by atoms with Crippen LogP contribution in [0.15, 0.2) is 18.2 Å². The average Bonchev–Trinajstić information content (AvgIpc) is 2.03. The van der Waals surface area contributed by atoms with E-state index in [1.54, 1.807) is 6.07 Å².